The van der Waals surface area contributed by atoms with Gasteiger partial charge in [-0.05, 0) is 43.7 Å². The van der Waals surface area contributed by atoms with E-state index >= 15 is 0 Å². The molecule has 3 nitrogen and oxygen atoms in total. The van der Waals surface area contributed by atoms with E-state index < -0.39 is 0 Å². The molecule has 0 aliphatic heterocycles. The zero-order valence-corrected chi connectivity index (χ0v) is 11.7. The lowest BCUT2D eigenvalue weighted by Crippen LogP contribution is -2.02. The topological polar surface area (TPSA) is 37.8 Å². The number of aryl methyl sites for hydroxylation is 2. The fraction of sp³-hybridized carbons (Fsp3) is 0.176. The van der Waals surface area contributed by atoms with E-state index in [9.17, 15) is 0 Å². The van der Waals surface area contributed by atoms with Crippen LogP contribution < -0.4 is 5.32 Å². The number of fused-ring (bicyclic) bond motifs is 1. The predicted molar refractivity (Wildman–Crippen MR) is 82.8 cm³/mol. The Balaban J connectivity index is 1.88. The molecule has 0 bridgehead atoms. The van der Waals surface area contributed by atoms with Gasteiger partial charge in [0, 0.05) is 23.3 Å². The van der Waals surface area contributed by atoms with E-state index in [1.807, 2.05) is 32.2 Å². The number of nitrogens with one attached hydrogen (secondary N) is 1. The lowest BCUT2D eigenvalue weighted by molar-refractivity contribution is 1.11. The zero-order chi connectivity index (χ0) is 13.9. The molecule has 0 saturated carbocycles. The molecule has 1 aromatic carbocycles. The summed E-state index contributed by atoms with van der Waals surface area (Å²) in [6, 6.07) is 14.4. The molecular formula is C17H17N3. The van der Waals surface area contributed by atoms with Crippen LogP contribution in [0.3, 0.4) is 0 Å². The number of hydrogen-bond acceptors (Lipinski definition) is 3. The first-order chi connectivity index (χ1) is 9.72. The molecule has 3 aromatic rings. The molecule has 3 rings (SSSR count). The molecule has 0 unspecified atom stereocenters. The molecule has 3 heteroatoms. The molecule has 0 atom stereocenters. The summed E-state index contributed by atoms with van der Waals surface area (Å²) in [5, 5.41) is 4.62. The largest absolute Gasteiger partial charge is 0.380 e. The minimum Gasteiger partial charge on any atom is -0.380 e. The van der Waals surface area contributed by atoms with E-state index in [2.05, 4.69) is 45.6 Å². The van der Waals surface area contributed by atoms with Crippen LogP contribution >= 0.6 is 0 Å². The Kier molecular flexibility index (Phi) is 3.33. The van der Waals surface area contributed by atoms with E-state index in [1.54, 1.807) is 0 Å². The highest BCUT2D eigenvalue weighted by atomic mass is 14.9. The molecule has 0 fully saturated rings. The summed E-state index contributed by atoms with van der Waals surface area (Å²) in [7, 11) is 0. The minimum absolute atomic E-state index is 0.772. The van der Waals surface area contributed by atoms with E-state index in [4.69, 9.17) is 0 Å². The van der Waals surface area contributed by atoms with Crippen LogP contribution in [0.1, 0.15) is 17.0 Å². The number of nitrogens with zero attached hydrogens (tertiary/aromatic N) is 2. The van der Waals surface area contributed by atoms with Gasteiger partial charge in [-0.15, -0.1) is 0 Å². The highest BCUT2D eigenvalue weighted by molar-refractivity contribution is 5.82. The van der Waals surface area contributed by atoms with E-state index in [0.717, 1.165) is 29.1 Å². The third-order valence-corrected chi connectivity index (χ3v) is 3.32. The number of para-hydroxylation sites is 1. The summed E-state index contributed by atoms with van der Waals surface area (Å²) < 4.78 is 0. The lowest BCUT2D eigenvalue weighted by atomic mass is 10.1. The summed E-state index contributed by atoms with van der Waals surface area (Å²) in [6.45, 7) is 4.79. The predicted octanol–water partition coefficient (Wildman–Crippen LogP) is 3.86. The van der Waals surface area contributed by atoms with Gasteiger partial charge >= 0.3 is 0 Å². The maximum absolute atomic E-state index is 4.56. The second-order valence-electron chi connectivity index (χ2n) is 4.98. The maximum atomic E-state index is 4.56. The van der Waals surface area contributed by atoms with Gasteiger partial charge in [0.1, 0.15) is 0 Å². The van der Waals surface area contributed by atoms with Gasteiger partial charge in [0.2, 0.25) is 0 Å². The third-order valence-electron chi connectivity index (χ3n) is 3.32. The summed E-state index contributed by atoms with van der Waals surface area (Å²) >= 11 is 0. The second-order valence-corrected chi connectivity index (χ2v) is 4.98. The summed E-state index contributed by atoms with van der Waals surface area (Å²) in [4.78, 5) is 8.86. The van der Waals surface area contributed by atoms with Crippen molar-refractivity contribution in [2.45, 2.75) is 20.4 Å². The normalized spacial score (nSPS) is 10.7. The highest BCUT2D eigenvalue weighted by Gasteiger charge is 2.03. The first-order valence-corrected chi connectivity index (χ1v) is 6.74. The van der Waals surface area contributed by atoms with Gasteiger partial charge in [-0.3, -0.25) is 9.97 Å². The van der Waals surface area contributed by atoms with Crippen molar-refractivity contribution >= 4 is 16.6 Å². The molecule has 100 valence electrons. The van der Waals surface area contributed by atoms with Crippen molar-refractivity contribution in [3.63, 3.8) is 0 Å². The third kappa shape index (κ3) is 2.62. The summed E-state index contributed by atoms with van der Waals surface area (Å²) in [6.07, 6.45) is 1.87. The number of aromatic nitrogens is 2. The lowest BCUT2D eigenvalue weighted by Gasteiger charge is -2.10. The smallest absolute Gasteiger partial charge is 0.0708 e. The van der Waals surface area contributed by atoms with Crippen LogP contribution in [0.25, 0.3) is 10.9 Å². The van der Waals surface area contributed by atoms with Crippen LogP contribution in [0.15, 0.2) is 48.7 Å². The fourth-order valence-electron chi connectivity index (χ4n) is 2.31. The first-order valence-electron chi connectivity index (χ1n) is 6.74. The Hall–Kier alpha value is -2.42. The molecule has 0 saturated heterocycles. The van der Waals surface area contributed by atoms with E-state index in [1.165, 1.54) is 10.9 Å². The van der Waals surface area contributed by atoms with Crippen molar-refractivity contribution in [3.8, 4) is 0 Å². The summed E-state index contributed by atoms with van der Waals surface area (Å²) in [5.74, 6) is 0. The molecule has 2 aromatic heterocycles. The molecule has 2 heterocycles. The van der Waals surface area contributed by atoms with Crippen LogP contribution in [-0.2, 0) is 6.54 Å². The average molecular weight is 263 g/mol. The van der Waals surface area contributed by atoms with Gasteiger partial charge < -0.3 is 5.32 Å². The van der Waals surface area contributed by atoms with Crippen LogP contribution in [-0.4, -0.2) is 9.97 Å². The molecule has 1 N–H and O–H groups in total. The van der Waals surface area contributed by atoms with Gasteiger partial charge in [0.15, 0.2) is 0 Å². The number of benzene rings is 1. The molecular weight excluding hydrogens is 246 g/mol. The second kappa shape index (κ2) is 5.29. The monoisotopic (exact) mass is 263 g/mol. The number of pyridine rings is 2. The molecule has 0 aliphatic rings. The van der Waals surface area contributed by atoms with Gasteiger partial charge in [-0.1, -0.05) is 18.2 Å². The maximum Gasteiger partial charge on any atom is 0.0708 e. The van der Waals surface area contributed by atoms with Crippen molar-refractivity contribution < 1.29 is 0 Å². The Morgan fingerprint density at radius 2 is 1.85 bits per heavy atom. The molecule has 0 spiro atoms. The fourth-order valence-corrected chi connectivity index (χ4v) is 2.31. The van der Waals surface area contributed by atoms with Crippen molar-refractivity contribution in [1.82, 2.24) is 9.97 Å². The quantitative estimate of drug-likeness (QED) is 0.779. The Morgan fingerprint density at radius 3 is 2.65 bits per heavy atom. The van der Waals surface area contributed by atoms with Crippen LogP contribution in [0, 0.1) is 13.8 Å². The van der Waals surface area contributed by atoms with Gasteiger partial charge in [-0.2, -0.15) is 0 Å². The van der Waals surface area contributed by atoms with Crippen LogP contribution in [0.5, 0.6) is 0 Å². The van der Waals surface area contributed by atoms with Crippen molar-refractivity contribution in [3.05, 3.63) is 65.6 Å². The Bertz CT molecular complexity index is 733. The minimum atomic E-state index is 0.772. The SMILES string of the molecule is Cc1ccc(NCc2cc(C)nc3ccccc23)cn1. The average Bonchev–Trinajstić information content (AvgIpc) is 2.46. The van der Waals surface area contributed by atoms with Gasteiger partial charge in [0.25, 0.3) is 0 Å². The van der Waals surface area contributed by atoms with Crippen molar-refractivity contribution in [2.24, 2.45) is 0 Å². The number of rotatable bonds is 3. The molecule has 0 radical (unpaired) electrons. The zero-order valence-electron chi connectivity index (χ0n) is 11.7. The van der Waals surface area contributed by atoms with Gasteiger partial charge in [-0.25, -0.2) is 0 Å². The number of anilines is 1. The molecule has 0 amide bonds. The van der Waals surface area contributed by atoms with E-state index in [-0.39, 0.29) is 0 Å². The van der Waals surface area contributed by atoms with Crippen LogP contribution in [0.2, 0.25) is 0 Å². The van der Waals surface area contributed by atoms with Crippen LogP contribution in [0.4, 0.5) is 5.69 Å². The van der Waals surface area contributed by atoms with E-state index in [0.29, 0.717) is 0 Å². The first kappa shape index (κ1) is 12.6. The Morgan fingerprint density at radius 1 is 1.00 bits per heavy atom. The summed E-state index contributed by atoms with van der Waals surface area (Å²) in [5.41, 5.74) is 5.41. The number of hydrogen-bond donors (Lipinski definition) is 1. The van der Waals surface area contributed by atoms with Crippen molar-refractivity contribution in [1.29, 1.82) is 0 Å². The highest BCUT2D eigenvalue weighted by Crippen LogP contribution is 2.19. The molecule has 20 heavy (non-hydrogen) atoms. The standard InChI is InChI=1S/C17H17N3/c1-12-7-8-15(11-18-12)19-10-14-9-13(2)20-17-6-4-3-5-16(14)17/h3-9,11,19H,10H2,1-2H3. The van der Waals surface area contributed by atoms with Crippen molar-refractivity contribution in [2.75, 3.05) is 5.32 Å². The molecule has 0 aliphatic carbocycles. The van der Waals surface area contributed by atoms with Gasteiger partial charge in [0.05, 0.1) is 17.4 Å². The Labute approximate surface area is 118 Å².